The van der Waals surface area contributed by atoms with Gasteiger partial charge in [-0.2, -0.15) is 4.37 Å². The zero-order chi connectivity index (χ0) is 15.1. The molecule has 22 heavy (non-hydrogen) atoms. The van der Waals surface area contributed by atoms with Crippen LogP contribution in [0.1, 0.15) is 28.9 Å². The Morgan fingerprint density at radius 2 is 2.27 bits per heavy atom. The fourth-order valence-corrected chi connectivity index (χ4v) is 3.09. The number of nitrogens with one attached hydrogen (secondary N) is 2. The molecule has 0 aliphatic heterocycles. The highest BCUT2D eigenvalue weighted by atomic mass is 32.1. The van der Waals surface area contributed by atoms with Crippen LogP contribution >= 0.6 is 11.5 Å². The third-order valence-electron chi connectivity index (χ3n) is 3.51. The molecule has 2 N–H and O–H groups in total. The lowest BCUT2D eigenvalue weighted by Crippen LogP contribution is -2.15. The summed E-state index contributed by atoms with van der Waals surface area (Å²) in [5.41, 5.74) is 1.98. The summed E-state index contributed by atoms with van der Waals surface area (Å²) in [5, 5.41) is 7.08. The maximum absolute atomic E-state index is 12.6. The van der Waals surface area contributed by atoms with Gasteiger partial charge in [-0.05, 0) is 31.3 Å². The molecule has 8 heteroatoms. The molecule has 0 unspecified atom stereocenters. The number of aryl methyl sites for hydroxylation is 1. The quantitative estimate of drug-likeness (QED) is 0.772. The highest BCUT2D eigenvalue weighted by Crippen LogP contribution is 2.31. The number of hydrogen-bond acceptors (Lipinski definition) is 6. The molecule has 1 aliphatic rings. The summed E-state index contributed by atoms with van der Waals surface area (Å²) in [4.78, 5) is 20.8. The first-order chi connectivity index (χ1) is 10.7. The number of aromatic nitrogens is 4. The van der Waals surface area contributed by atoms with E-state index in [4.69, 9.17) is 0 Å². The fraction of sp³-hybridized carbons (Fsp3) is 0.286. The van der Waals surface area contributed by atoms with Gasteiger partial charge in [0.05, 0.1) is 23.1 Å². The number of rotatable bonds is 4. The number of amides is 1. The van der Waals surface area contributed by atoms with E-state index in [1.807, 2.05) is 6.92 Å². The molecule has 3 heterocycles. The lowest BCUT2D eigenvalue weighted by Gasteiger charge is -2.08. The van der Waals surface area contributed by atoms with Crippen molar-refractivity contribution in [1.29, 1.82) is 0 Å². The average Bonchev–Trinajstić information content (AvgIpc) is 3.05. The van der Waals surface area contributed by atoms with E-state index in [-0.39, 0.29) is 5.91 Å². The monoisotopic (exact) mass is 314 g/mol. The van der Waals surface area contributed by atoms with Gasteiger partial charge >= 0.3 is 0 Å². The normalized spacial score (nSPS) is 14.2. The van der Waals surface area contributed by atoms with Crippen LogP contribution in [0.5, 0.6) is 0 Å². The van der Waals surface area contributed by atoms with Crippen LogP contribution in [-0.4, -0.2) is 30.7 Å². The van der Waals surface area contributed by atoms with E-state index in [2.05, 4.69) is 25.0 Å². The van der Waals surface area contributed by atoms with Crippen molar-refractivity contribution in [2.75, 3.05) is 10.6 Å². The van der Waals surface area contributed by atoms with Gasteiger partial charge in [-0.25, -0.2) is 9.97 Å². The van der Waals surface area contributed by atoms with Crippen LogP contribution in [0.4, 0.5) is 10.7 Å². The highest BCUT2D eigenvalue weighted by molar-refractivity contribution is 7.10. The summed E-state index contributed by atoms with van der Waals surface area (Å²) >= 11 is 1.33. The lowest BCUT2D eigenvalue weighted by molar-refractivity contribution is 0.102. The Bertz CT molecular complexity index is 850. The predicted octanol–water partition coefficient (Wildman–Crippen LogP) is 2.32. The zero-order valence-electron chi connectivity index (χ0n) is 11.9. The van der Waals surface area contributed by atoms with Gasteiger partial charge in [-0.3, -0.25) is 9.20 Å². The van der Waals surface area contributed by atoms with Gasteiger partial charge in [0.1, 0.15) is 5.00 Å². The van der Waals surface area contributed by atoms with Crippen molar-refractivity contribution in [3.05, 3.63) is 36.0 Å². The predicted molar refractivity (Wildman–Crippen MR) is 84.4 cm³/mol. The van der Waals surface area contributed by atoms with Crippen LogP contribution in [0.15, 0.2) is 24.8 Å². The van der Waals surface area contributed by atoms with Crippen LogP contribution in [0.3, 0.4) is 0 Å². The minimum Gasteiger partial charge on any atom is -0.372 e. The molecule has 4 rings (SSSR count). The lowest BCUT2D eigenvalue weighted by atomic mass is 10.2. The van der Waals surface area contributed by atoms with Gasteiger partial charge in [0.25, 0.3) is 5.91 Å². The standard InChI is InChI=1S/C14H14N6OS/c1-8-11(13(22-19-8)18-9-2-3-9)12(21)17-10-6-16-14-15-4-5-20(14)7-10/h4-7,9,18H,2-3H2,1H3,(H,17,21). The maximum atomic E-state index is 12.6. The second-order valence-corrected chi connectivity index (χ2v) is 6.10. The summed E-state index contributed by atoms with van der Waals surface area (Å²) in [5.74, 6) is 0.429. The second kappa shape index (κ2) is 5.06. The van der Waals surface area contributed by atoms with E-state index in [1.54, 1.807) is 29.2 Å². The molecule has 3 aromatic heterocycles. The maximum Gasteiger partial charge on any atom is 0.260 e. The average molecular weight is 314 g/mol. The van der Waals surface area contributed by atoms with Gasteiger partial charge in [-0.1, -0.05) is 0 Å². The van der Waals surface area contributed by atoms with Gasteiger partial charge in [0.15, 0.2) is 0 Å². The van der Waals surface area contributed by atoms with Crippen molar-refractivity contribution < 1.29 is 4.79 Å². The fourth-order valence-electron chi connectivity index (χ4n) is 2.22. The van der Waals surface area contributed by atoms with Crippen molar-refractivity contribution in [2.45, 2.75) is 25.8 Å². The molecule has 0 saturated heterocycles. The van der Waals surface area contributed by atoms with E-state index in [0.29, 0.717) is 23.1 Å². The number of carbonyl (C=O) groups excluding carboxylic acids is 1. The van der Waals surface area contributed by atoms with E-state index >= 15 is 0 Å². The SMILES string of the molecule is Cc1nsc(NC2CC2)c1C(=O)Nc1cnc2nccn2c1. The summed E-state index contributed by atoms with van der Waals surface area (Å²) < 4.78 is 6.05. The van der Waals surface area contributed by atoms with Gasteiger partial charge in [-0.15, -0.1) is 0 Å². The van der Waals surface area contributed by atoms with Crippen LogP contribution in [0.25, 0.3) is 5.78 Å². The highest BCUT2D eigenvalue weighted by Gasteiger charge is 2.26. The molecule has 7 nitrogen and oxygen atoms in total. The van der Waals surface area contributed by atoms with Gasteiger partial charge in [0.2, 0.25) is 5.78 Å². The molecule has 1 amide bonds. The molecule has 1 saturated carbocycles. The van der Waals surface area contributed by atoms with Crippen LogP contribution in [0.2, 0.25) is 0 Å². The number of imidazole rings is 1. The Balaban J connectivity index is 1.59. The van der Waals surface area contributed by atoms with Crippen molar-refractivity contribution in [1.82, 2.24) is 18.7 Å². The van der Waals surface area contributed by atoms with E-state index in [9.17, 15) is 4.79 Å². The molecule has 0 atom stereocenters. The number of anilines is 2. The Morgan fingerprint density at radius 3 is 3.09 bits per heavy atom. The number of carbonyl (C=O) groups is 1. The summed E-state index contributed by atoms with van der Waals surface area (Å²) in [6.45, 7) is 1.85. The molecule has 0 aromatic carbocycles. The molecular weight excluding hydrogens is 300 g/mol. The van der Waals surface area contributed by atoms with Crippen LogP contribution in [-0.2, 0) is 0 Å². The molecule has 112 valence electrons. The van der Waals surface area contributed by atoms with Gasteiger partial charge < -0.3 is 10.6 Å². The number of hydrogen-bond donors (Lipinski definition) is 2. The Labute approximate surface area is 130 Å². The zero-order valence-corrected chi connectivity index (χ0v) is 12.7. The first-order valence-corrected chi connectivity index (χ1v) is 7.81. The van der Waals surface area contributed by atoms with E-state index in [1.165, 1.54) is 11.5 Å². The van der Waals surface area contributed by atoms with Crippen molar-refractivity contribution in [3.63, 3.8) is 0 Å². The molecule has 0 radical (unpaired) electrons. The minimum absolute atomic E-state index is 0.171. The van der Waals surface area contributed by atoms with Gasteiger partial charge in [0, 0.05) is 24.6 Å². The van der Waals surface area contributed by atoms with Crippen molar-refractivity contribution in [3.8, 4) is 0 Å². The first-order valence-electron chi connectivity index (χ1n) is 7.03. The molecule has 0 spiro atoms. The van der Waals surface area contributed by atoms with Crippen LogP contribution < -0.4 is 10.6 Å². The second-order valence-electron chi connectivity index (χ2n) is 5.32. The summed E-state index contributed by atoms with van der Waals surface area (Å²) in [6, 6.07) is 0.482. The Morgan fingerprint density at radius 1 is 1.41 bits per heavy atom. The third kappa shape index (κ3) is 2.41. The van der Waals surface area contributed by atoms with Crippen molar-refractivity contribution >= 4 is 33.9 Å². The van der Waals surface area contributed by atoms with E-state index < -0.39 is 0 Å². The molecule has 1 aliphatic carbocycles. The molecule has 1 fully saturated rings. The van der Waals surface area contributed by atoms with Crippen LogP contribution in [0, 0.1) is 6.92 Å². The number of fused-ring (bicyclic) bond motifs is 1. The topological polar surface area (TPSA) is 84.2 Å². The largest absolute Gasteiger partial charge is 0.372 e. The summed E-state index contributed by atoms with van der Waals surface area (Å²) in [6.07, 6.45) is 9.15. The molecule has 3 aromatic rings. The Kier molecular flexibility index (Phi) is 3.04. The Hall–Kier alpha value is -2.48. The molecular formula is C14H14N6OS. The smallest absolute Gasteiger partial charge is 0.260 e. The number of nitrogens with zero attached hydrogens (tertiary/aromatic N) is 4. The van der Waals surface area contributed by atoms with Crippen molar-refractivity contribution in [2.24, 2.45) is 0 Å². The molecule has 0 bridgehead atoms. The summed E-state index contributed by atoms with van der Waals surface area (Å²) in [7, 11) is 0. The third-order valence-corrected chi connectivity index (χ3v) is 4.38. The van der Waals surface area contributed by atoms with E-state index in [0.717, 1.165) is 23.5 Å². The first kappa shape index (κ1) is 13.2. The minimum atomic E-state index is -0.171.